The molecular weight excluding hydrogens is 188 g/mol. The molecule has 15 heavy (non-hydrogen) atoms. The standard InChI is InChI=1S/C12H12N2O/c1-14-10-6-3-2-5-9(10)12(11(14)15)7-4-8-13-12/h2-6,8,13H,7H2,1H3. The number of hydrogen-bond acceptors (Lipinski definition) is 2. The molecule has 1 aromatic rings. The van der Waals surface area contributed by atoms with Crippen LogP contribution in [0.15, 0.2) is 36.5 Å². The molecule has 1 spiro atoms. The predicted octanol–water partition coefficient (Wildman–Crippen LogP) is 1.37. The van der Waals surface area contributed by atoms with Gasteiger partial charge in [-0.15, -0.1) is 0 Å². The van der Waals surface area contributed by atoms with E-state index >= 15 is 0 Å². The highest BCUT2D eigenvalue weighted by Gasteiger charge is 2.49. The monoisotopic (exact) mass is 200 g/mol. The SMILES string of the molecule is CN1C(=O)C2(CC=CN2)c2ccccc21. The zero-order valence-corrected chi connectivity index (χ0v) is 8.53. The van der Waals surface area contributed by atoms with E-state index < -0.39 is 5.54 Å². The number of carbonyl (C=O) groups excluding carboxylic acids is 1. The summed E-state index contributed by atoms with van der Waals surface area (Å²) in [7, 11) is 1.83. The molecule has 2 heterocycles. The van der Waals surface area contributed by atoms with Gasteiger partial charge < -0.3 is 10.2 Å². The van der Waals surface area contributed by atoms with Crippen LogP contribution in [-0.2, 0) is 10.3 Å². The molecule has 3 heteroatoms. The maximum absolute atomic E-state index is 12.2. The molecule has 1 N–H and O–H groups in total. The Balaban J connectivity index is 2.23. The van der Waals surface area contributed by atoms with E-state index in [1.807, 2.05) is 43.6 Å². The minimum Gasteiger partial charge on any atom is -0.374 e. The van der Waals surface area contributed by atoms with Crippen LogP contribution in [0.4, 0.5) is 5.69 Å². The van der Waals surface area contributed by atoms with Crippen molar-refractivity contribution in [3.63, 3.8) is 0 Å². The van der Waals surface area contributed by atoms with Crippen molar-refractivity contribution in [2.75, 3.05) is 11.9 Å². The molecule has 0 fully saturated rings. The summed E-state index contributed by atoms with van der Waals surface area (Å²) in [4.78, 5) is 13.9. The van der Waals surface area contributed by atoms with Crippen LogP contribution in [0.1, 0.15) is 12.0 Å². The van der Waals surface area contributed by atoms with Gasteiger partial charge >= 0.3 is 0 Å². The molecule has 0 saturated carbocycles. The highest BCUT2D eigenvalue weighted by Crippen LogP contribution is 2.43. The number of rotatable bonds is 0. The molecule has 0 bridgehead atoms. The first kappa shape index (κ1) is 8.53. The summed E-state index contributed by atoms with van der Waals surface area (Å²) >= 11 is 0. The van der Waals surface area contributed by atoms with E-state index in [2.05, 4.69) is 5.32 Å². The van der Waals surface area contributed by atoms with Crippen molar-refractivity contribution >= 4 is 11.6 Å². The van der Waals surface area contributed by atoms with E-state index in [1.54, 1.807) is 4.90 Å². The molecule has 2 aliphatic rings. The van der Waals surface area contributed by atoms with E-state index in [-0.39, 0.29) is 5.91 Å². The Kier molecular flexibility index (Phi) is 1.49. The number of hydrogen-bond donors (Lipinski definition) is 1. The quantitative estimate of drug-likeness (QED) is 0.686. The highest BCUT2D eigenvalue weighted by molar-refractivity contribution is 6.07. The van der Waals surface area contributed by atoms with Crippen molar-refractivity contribution < 1.29 is 4.79 Å². The van der Waals surface area contributed by atoms with Gasteiger partial charge in [0.05, 0.1) is 0 Å². The van der Waals surface area contributed by atoms with Crippen molar-refractivity contribution in [1.29, 1.82) is 0 Å². The second kappa shape index (κ2) is 2.63. The molecular formula is C12H12N2O. The van der Waals surface area contributed by atoms with Crippen LogP contribution in [0.2, 0.25) is 0 Å². The summed E-state index contributed by atoms with van der Waals surface area (Å²) in [5, 5.41) is 3.20. The van der Waals surface area contributed by atoms with Gasteiger partial charge in [0.2, 0.25) is 0 Å². The lowest BCUT2D eigenvalue weighted by Gasteiger charge is -2.23. The van der Waals surface area contributed by atoms with Gasteiger partial charge in [-0.25, -0.2) is 0 Å². The van der Waals surface area contributed by atoms with Gasteiger partial charge in [0, 0.05) is 24.7 Å². The third-order valence-corrected chi connectivity index (χ3v) is 3.27. The summed E-state index contributed by atoms with van der Waals surface area (Å²) < 4.78 is 0. The van der Waals surface area contributed by atoms with Crippen molar-refractivity contribution in [2.24, 2.45) is 0 Å². The molecule has 0 saturated heterocycles. The summed E-state index contributed by atoms with van der Waals surface area (Å²) in [6.45, 7) is 0. The normalized spacial score (nSPS) is 27.3. The summed E-state index contributed by atoms with van der Waals surface area (Å²) in [6.07, 6.45) is 4.62. The first-order valence-corrected chi connectivity index (χ1v) is 5.06. The molecule has 0 aromatic heterocycles. The Morgan fingerprint density at radius 2 is 2.20 bits per heavy atom. The Hall–Kier alpha value is -1.77. The molecule has 3 nitrogen and oxygen atoms in total. The molecule has 1 unspecified atom stereocenters. The number of carbonyl (C=O) groups is 1. The molecule has 3 rings (SSSR count). The lowest BCUT2D eigenvalue weighted by molar-refractivity contribution is -0.123. The van der Waals surface area contributed by atoms with Gasteiger partial charge in [-0.1, -0.05) is 24.3 Å². The fraction of sp³-hybridized carbons (Fsp3) is 0.250. The fourth-order valence-corrected chi connectivity index (χ4v) is 2.47. The van der Waals surface area contributed by atoms with Crippen LogP contribution in [0, 0.1) is 0 Å². The van der Waals surface area contributed by atoms with Gasteiger partial charge in [0.15, 0.2) is 0 Å². The van der Waals surface area contributed by atoms with Gasteiger partial charge in [0.1, 0.15) is 5.54 Å². The van der Waals surface area contributed by atoms with Crippen molar-refractivity contribution in [3.8, 4) is 0 Å². The van der Waals surface area contributed by atoms with Crippen molar-refractivity contribution in [2.45, 2.75) is 12.0 Å². The zero-order chi connectivity index (χ0) is 10.5. The van der Waals surface area contributed by atoms with Crippen LogP contribution >= 0.6 is 0 Å². The fourth-order valence-electron chi connectivity index (χ4n) is 2.47. The Morgan fingerprint density at radius 1 is 1.40 bits per heavy atom. The highest BCUT2D eigenvalue weighted by atomic mass is 16.2. The molecule has 2 aliphatic heterocycles. The van der Waals surface area contributed by atoms with Crippen LogP contribution in [0.5, 0.6) is 0 Å². The second-order valence-corrected chi connectivity index (χ2v) is 4.04. The predicted molar refractivity (Wildman–Crippen MR) is 58.4 cm³/mol. The van der Waals surface area contributed by atoms with E-state index in [0.717, 1.165) is 17.7 Å². The van der Waals surface area contributed by atoms with Crippen molar-refractivity contribution in [1.82, 2.24) is 5.32 Å². The Labute approximate surface area is 88.4 Å². The van der Waals surface area contributed by atoms with E-state index in [9.17, 15) is 4.79 Å². The smallest absolute Gasteiger partial charge is 0.257 e. The maximum atomic E-state index is 12.2. The summed E-state index contributed by atoms with van der Waals surface area (Å²) in [5.74, 6) is 0.133. The van der Waals surface area contributed by atoms with Gasteiger partial charge in [-0.05, 0) is 12.3 Å². The summed E-state index contributed by atoms with van der Waals surface area (Å²) in [5.41, 5.74) is 1.58. The number of para-hydroxylation sites is 1. The molecule has 0 radical (unpaired) electrons. The second-order valence-electron chi connectivity index (χ2n) is 4.04. The Bertz CT molecular complexity index is 456. The molecule has 0 aliphatic carbocycles. The number of amides is 1. The lowest BCUT2D eigenvalue weighted by atomic mass is 9.90. The number of anilines is 1. The van der Waals surface area contributed by atoms with Gasteiger partial charge in [0.25, 0.3) is 5.91 Å². The third kappa shape index (κ3) is 0.876. The van der Waals surface area contributed by atoms with Crippen LogP contribution in [0.3, 0.4) is 0 Å². The molecule has 1 aromatic carbocycles. The minimum absolute atomic E-state index is 0.133. The number of nitrogens with zero attached hydrogens (tertiary/aromatic N) is 1. The van der Waals surface area contributed by atoms with Gasteiger partial charge in [-0.3, -0.25) is 4.79 Å². The first-order chi connectivity index (χ1) is 7.26. The van der Waals surface area contributed by atoms with E-state index in [0.29, 0.717) is 0 Å². The third-order valence-electron chi connectivity index (χ3n) is 3.27. The molecule has 1 atom stereocenters. The first-order valence-electron chi connectivity index (χ1n) is 5.06. The number of nitrogens with one attached hydrogen (secondary N) is 1. The number of fused-ring (bicyclic) bond motifs is 2. The average molecular weight is 200 g/mol. The molecule has 1 amide bonds. The van der Waals surface area contributed by atoms with E-state index in [4.69, 9.17) is 0 Å². The van der Waals surface area contributed by atoms with Crippen molar-refractivity contribution in [3.05, 3.63) is 42.1 Å². The average Bonchev–Trinajstić information content (AvgIpc) is 2.83. The maximum Gasteiger partial charge on any atom is 0.257 e. The van der Waals surface area contributed by atoms with Crippen LogP contribution in [-0.4, -0.2) is 13.0 Å². The lowest BCUT2D eigenvalue weighted by Crippen LogP contribution is -2.45. The van der Waals surface area contributed by atoms with Crippen LogP contribution < -0.4 is 10.2 Å². The summed E-state index contributed by atoms with van der Waals surface area (Å²) in [6, 6.07) is 7.95. The number of benzene rings is 1. The minimum atomic E-state index is -0.522. The topological polar surface area (TPSA) is 32.3 Å². The van der Waals surface area contributed by atoms with Gasteiger partial charge in [-0.2, -0.15) is 0 Å². The zero-order valence-electron chi connectivity index (χ0n) is 8.53. The number of likely N-dealkylation sites (N-methyl/N-ethyl adjacent to an activating group) is 1. The molecule has 76 valence electrons. The van der Waals surface area contributed by atoms with Crippen LogP contribution in [0.25, 0.3) is 0 Å². The largest absolute Gasteiger partial charge is 0.374 e. The Morgan fingerprint density at radius 3 is 2.93 bits per heavy atom. The van der Waals surface area contributed by atoms with E-state index in [1.165, 1.54) is 0 Å².